The van der Waals surface area contributed by atoms with Crippen LogP contribution in [0.3, 0.4) is 0 Å². The van der Waals surface area contributed by atoms with Crippen molar-refractivity contribution in [1.82, 2.24) is 4.90 Å². The second kappa shape index (κ2) is 11.7. The molecular formula is C17H23FeNO. The Morgan fingerprint density at radius 3 is 2.05 bits per heavy atom. The Kier molecular flexibility index (Phi) is 11.0. The summed E-state index contributed by atoms with van der Waals surface area (Å²) in [5.74, 6) is 0.252. The smallest absolute Gasteiger partial charge is 0.875 e. The van der Waals surface area contributed by atoms with Crippen molar-refractivity contribution in [3.63, 3.8) is 0 Å². The third-order valence-electron chi connectivity index (χ3n) is 3.09. The molecule has 0 fully saturated rings. The van der Waals surface area contributed by atoms with E-state index < -0.39 is 0 Å². The molecule has 3 heteroatoms. The predicted molar refractivity (Wildman–Crippen MR) is 79.7 cm³/mol. The van der Waals surface area contributed by atoms with Gasteiger partial charge in [0.05, 0.1) is 0 Å². The maximum atomic E-state index is 11.6. The summed E-state index contributed by atoms with van der Waals surface area (Å²) in [4.78, 5) is 2.26. The molecule has 0 N–H and O–H groups in total. The average molecular weight is 313 g/mol. The first-order valence-electron chi connectivity index (χ1n) is 6.91. The van der Waals surface area contributed by atoms with Crippen molar-refractivity contribution in [1.29, 1.82) is 0 Å². The minimum absolute atomic E-state index is 0. The second-order valence-corrected chi connectivity index (χ2v) is 4.34. The van der Waals surface area contributed by atoms with Crippen LogP contribution in [0.2, 0.25) is 0 Å². The van der Waals surface area contributed by atoms with Crippen LogP contribution in [-0.4, -0.2) is 24.5 Å². The molecule has 1 aromatic carbocycles. The number of hydrogen-bond donors (Lipinski definition) is 0. The quantitative estimate of drug-likeness (QED) is 0.475. The number of hydrogen-bond acceptors (Lipinski definition) is 2. The Bertz CT molecular complexity index is 383. The molecule has 1 aliphatic rings. The van der Waals surface area contributed by atoms with Gasteiger partial charge in [0.15, 0.2) is 0 Å². The summed E-state index contributed by atoms with van der Waals surface area (Å²) in [6.07, 6.45) is 8.20. The zero-order valence-corrected chi connectivity index (χ0v) is 13.3. The van der Waals surface area contributed by atoms with Gasteiger partial charge >= 0.3 is 17.1 Å². The standard InChI is InChI=1S/C12H19NO.C5H5.Fe/c1-3-13(4-2)10-9-12(14)11-7-5-6-8-11;1-2-4-5-3-1;/h5-8,14H,3-4,9-10H2,1-2H3;1-5H;/q;-1;+2/p-1. The van der Waals surface area contributed by atoms with Crippen LogP contribution in [0.15, 0.2) is 66.0 Å². The minimum Gasteiger partial charge on any atom is -0.875 e. The normalized spacial score (nSPS) is 12.1. The molecule has 0 heterocycles. The van der Waals surface area contributed by atoms with Crippen molar-refractivity contribution in [2.45, 2.75) is 20.3 Å². The number of nitrogens with zero attached hydrogens (tertiary/aromatic N) is 1. The third kappa shape index (κ3) is 7.44. The minimum atomic E-state index is 0. The first-order valence-corrected chi connectivity index (χ1v) is 6.91. The summed E-state index contributed by atoms with van der Waals surface area (Å²) >= 11 is 0. The molecule has 2 nitrogen and oxygen atoms in total. The number of allylic oxidation sites excluding steroid dienone is 5. The zero-order chi connectivity index (χ0) is 13.9. The van der Waals surface area contributed by atoms with Crippen LogP contribution < -0.4 is 5.11 Å². The molecule has 0 amide bonds. The maximum Gasteiger partial charge on any atom is 2.00 e. The van der Waals surface area contributed by atoms with Gasteiger partial charge in [0, 0.05) is 6.54 Å². The summed E-state index contributed by atoms with van der Waals surface area (Å²) < 4.78 is 0. The van der Waals surface area contributed by atoms with E-state index in [2.05, 4.69) is 18.7 Å². The van der Waals surface area contributed by atoms with Crippen LogP contribution >= 0.6 is 0 Å². The Hall–Kier alpha value is -1.15. The summed E-state index contributed by atoms with van der Waals surface area (Å²) in [6.45, 7) is 7.15. The molecule has 2 rings (SSSR count). The summed E-state index contributed by atoms with van der Waals surface area (Å²) in [5, 5.41) is 11.6. The van der Waals surface area contributed by atoms with Gasteiger partial charge in [-0.1, -0.05) is 38.2 Å². The van der Waals surface area contributed by atoms with E-state index in [0.717, 1.165) is 25.2 Å². The van der Waals surface area contributed by atoms with Gasteiger partial charge in [0.1, 0.15) is 0 Å². The molecule has 1 aliphatic carbocycles. The van der Waals surface area contributed by atoms with Gasteiger partial charge in [-0.3, -0.25) is 0 Å². The fourth-order valence-corrected chi connectivity index (χ4v) is 1.82. The van der Waals surface area contributed by atoms with Gasteiger partial charge in [-0.15, -0.1) is 5.76 Å². The Morgan fingerprint density at radius 1 is 1.10 bits per heavy atom. The van der Waals surface area contributed by atoms with Crippen molar-refractivity contribution in [2.24, 2.45) is 0 Å². The topological polar surface area (TPSA) is 26.3 Å². The van der Waals surface area contributed by atoms with Crippen molar-refractivity contribution >= 4 is 0 Å². The zero-order valence-electron chi connectivity index (χ0n) is 12.2. The van der Waals surface area contributed by atoms with Crippen molar-refractivity contribution in [2.75, 3.05) is 19.6 Å². The fraction of sp³-hybridized carbons (Fsp3) is 0.353. The average Bonchev–Trinajstić information content (AvgIpc) is 3.15. The van der Waals surface area contributed by atoms with E-state index in [1.54, 1.807) is 0 Å². The van der Waals surface area contributed by atoms with E-state index in [1.807, 2.05) is 54.6 Å². The van der Waals surface area contributed by atoms with E-state index >= 15 is 0 Å². The summed E-state index contributed by atoms with van der Waals surface area (Å²) in [6, 6.07) is 10.0. The van der Waals surface area contributed by atoms with Crippen LogP contribution in [0, 0.1) is 0 Å². The summed E-state index contributed by atoms with van der Waals surface area (Å²) in [5.41, 5.74) is 0.845. The van der Waals surface area contributed by atoms with Crippen LogP contribution in [0.4, 0.5) is 0 Å². The molecule has 0 aliphatic heterocycles. The van der Waals surface area contributed by atoms with E-state index in [-0.39, 0.29) is 22.8 Å². The van der Waals surface area contributed by atoms with Crippen molar-refractivity contribution in [3.8, 4) is 0 Å². The molecule has 0 atom stereocenters. The summed E-state index contributed by atoms with van der Waals surface area (Å²) in [7, 11) is 0. The first kappa shape index (κ1) is 18.8. The van der Waals surface area contributed by atoms with Gasteiger partial charge in [0.2, 0.25) is 0 Å². The third-order valence-corrected chi connectivity index (χ3v) is 3.09. The molecule has 0 bridgehead atoms. The van der Waals surface area contributed by atoms with Gasteiger partial charge in [-0.2, -0.15) is 18.2 Å². The largest absolute Gasteiger partial charge is 2.00 e. The second-order valence-electron chi connectivity index (χ2n) is 4.34. The van der Waals surface area contributed by atoms with Crippen molar-refractivity contribution < 1.29 is 22.2 Å². The van der Waals surface area contributed by atoms with E-state index in [9.17, 15) is 5.11 Å². The number of rotatable bonds is 5. The van der Waals surface area contributed by atoms with Crippen molar-refractivity contribution in [3.05, 3.63) is 66.0 Å². The predicted octanol–water partition coefficient (Wildman–Crippen LogP) is 2.86. The van der Waals surface area contributed by atoms with E-state index in [0.29, 0.717) is 6.42 Å². The molecule has 110 valence electrons. The maximum absolute atomic E-state index is 11.6. The Labute approximate surface area is 133 Å². The molecular weight excluding hydrogens is 290 g/mol. The van der Waals surface area contributed by atoms with Gasteiger partial charge < -0.3 is 10.0 Å². The van der Waals surface area contributed by atoms with E-state index in [1.165, 1.54) is 0 Å². The van der Waals surface area contributed by atoms with Crippen LogP contribution in [-0.2, 0) is 17.1 Å². The van der Waals surface area contributed by atoms with Gasteiger partial charge in [0.25, 0.3) is 0 Å². The van der Waals surface area contributed by atoms with Gasteiger partial charge in [-0.05, 0) is 25.1 Å². The van der Waals surface area contributed by atoms with Crippen LogP contribution in [0.25, 0.3) is 0 Å². The van der Waals surface area contributed by atoms with E-state index in [4.69, 9.17) is 0 Å². The monoisotopic (exact) mass is 313 g/mol. The first-order chi connectivity index (χ1) is 9.27. The Morgan fingerprint density at radius 2 is 1.65 bits per heavy atom. The molecule has 0 spiro atoms. The molecule has 20 heavy (non-hydrogen) atoms. The molecule has 1 aromatic rings. The molecule has 0 saturated heterocycles. The Balaban J connectivity index is 0.000000507. The van der Waals surface area contributed by atoms with Gasteiger partial charge in [-0.25, -0.2) is 12.1 Å². The fourth-order valence-electron chi connectivity index (χ4n) is 1.82. The SMILES string of the molecule is CCN(CC)CCC([O-])=C1C=CC=C1.[Fe+2].c1cc[cH-]c1. The molecule has 0 saturated carbocycles. The molecule has 0 unspecified atom stereocenters. The van der Waals surface area contributed by atoms with Crippen LogP contribution in [0.5, 0.6) is 0 Å². The van der Waals surface area contributed by atoms with Crippen LogP contribution in [0.1, 0.15) is 20.3 Å². The molecule has 0 aromatic heterocycles. The molecule has 0 radical (unpaired) electrons.